The van der Waals surface area contributed by atoms with Crippen LogP contribution in [0.3, 0.4) is 0 Å². The average molecular weight is 542 g/mol. The molecule has 1 aromatic carbocycles. The van der Waals surface area contributed by atoms with Gasteiger partial charge in [0.05, 0.1) is 17.8 Å². The first kappa shape index (κ1) is 25.8. The van der Waals surface area contributed by atoms with Crippen molar-refractivity contribution in [2.45, 2.75) is 63.5 Å². The first-order valence-corrected chi connectivity index (χ1v) is 14.5. The number of hydrogen-bond donors (Lipinski definition) is 0. The quantitative estimate of drug-likeness (QED) is 0.329. The molecule has 1 aliphatic carbocycles. The highest BCUT2D eigenvalue weighted by atomic mass is 32.1. The normalized spacial score (nSPS) is 25.4. The number of thiazole rings is 1. The Labute approximate surface area is 225 Å². The maximum absolute atomic E-state index is 13.8. The Kier molecular flexibility index (Phi) is 7.42. The Balaban J connectivity index is 0.955. The molecule has 0 amide bonds. The standard InChI is InChI=1S/C29H33F2N3O3S/c30-29(31)18-36-17-27(29)37-28-33-24-16-34(14-11-26(24)38-28)13-10-19-6-8-20(9-7-19)15-25(35)22-3-1-5-23-21(22)4-2-12-32-23/h1-5,12,19-20,27H,6-11,13-18H2. The minimum absolute atomic E-state index is 0.0968. The number of carbonyl (C=O) groups excluding carboxylic acids is 1. The minimum Gasteiger partial charge on any atom is -0.458 e. The van der Waals surface area contributed by atoms with Gasteiger partial charge >= 0.3 is 5.92 Å². The third-order valence-electron chi connectivity index (χ3n) is 8.31. The second-order valence-electron chi connectivity index (χ2n) is 10.9. The van der Waals surface area contributed by atoms with Crippen LogP contribution in [0.4, 0.5) is 8.78 Å². The van der Waals surface area contributed by atoms with E-state index in [0.29, 0.717) is 23.5 Å². The molecule has 0 bridgehead atoms. The molecule has 1 unspecified atom stereocenters. The summed E-state index contributed by atoms with van der Waals surface area (Å²) < 4.78 is 38.1. The van der Waals surface area contributed by atoms with Gasteiger partial charge in [0, 0.05) is 41.5 Å². The van der Waals surface area contributed by atoms with Crippen LogP contribution in [0.2, 0.25) is 0 Å². The van der Waals surface area contributed by atoms with E-state index in [1.807, 2.05) is 30.3 Å². The first-order chi connectivity index (χ1) is 18.4. The lowest BCUT2D eigenvalue weighted by Crippen LogP contribution is -2.36. The second-order valence-corrected chi connectivity index (χ2v) is 12.0. The number of nitrogens with zero attached hydrogens (tertiary/aromatic N) is 3. The van der Waals surface area contributed by atoms with E-state index in [1.54, 1.807) is 6.20 Å². The van der Waals surface area contributed by atoms with Crippen LogP contribution >= 0.6 is 11.3 Å². The molecule has 2 fully saturated rings. The fourth-order valence-corrected chi connectivity index (χ4v) is 6.99. The van der Waals surface area contributed by atoms with Crippen LogP contribution in [0.1, 0.15) is 59.5 Å². The van der Waals surface area contributed by atoms with Crippen molar-refractivity contribution in [1.29, 1.82) is 0 Å². The van der Waals surface area contributed by atoms with E-state index in [9.17, 15) is 13.6 Å². The van der Waals surface area contributed by atoms with Crippen LogP contribution in [0.5, 0.6) is 5.19 Å². The highest BCUT2D eigenvalue weighted by Gasteiger charge is 2.48. The highest BCUT2D eigenvalue weighted by molar-refractivity contribution is 7.13. The molecule has 0 radical (unpaired) electrons. The molecule has 3 aromatic rings. The van der Waals surface area contributed by atoms with Gasteiger partial charge in [-0.2, -0.15) is 8.78 Å². The minimum atomic E-state index is -2.96. The number of carbonyl (C=O) groups is 1. The molecule has 1 saturated heterocycles. The summed E-state index contributed by atoms with van der Waals surface area (Å²) in [5.41, 5.74) is 2.63. The molecule has 2 aromatic heterocycles. The summed E-state index contributed by atoms with van der Waals surface area (Å²) >= 11 is 1.40. The van der Waals surface area contributed by atoms with Gasteiger partial charge in [-0.25, -0.2) is 4.98 Å². The lowest BCUT2D eigenvalue weighted by molar-refractivity contribution is -0.0659. The molecular weight excluding hydrogens is 508 g/mol. The summed E-state index contributed by atoms with van der Waals surface area (Å²) in [5.74, 6) is -1.59. The van der Waals surface area contributed by atoms with Gasteiger partial charge in [-0.15, -0.1) is 0 Å². The molecular formula is C29H33F2N3O3S. The van der Waals surface area contributed by atoms with E-state index in [4.69, 9.17) is 9.47 Å². The Morgan fingerprint density at radius 3 is 2.82 bits per heavy atom. The highest BCUT2D eigenvalue weighted by Crippen LogP contribution is 2.36. The van der Waals surface area contributed by atoms with Gasteiger partial charge in [-0.1, -0.05) is 42.4 Å². The molecule has 1 saturated carbocycles. The third-order valence-corrected chi connectivity index (χ3v) is 9.35. The van der Waals surface area contributed by atoms with Gasteiger partial charge in [0.15, 0.2) is 11.9 Å². The third kappa shape index (κ3) is 5.60. The van der Waals surface area contributed by atoms with Gasteiger partial charge < -0.3 is 9.47 Å². The summed E-state index contributed by atoms with van der Waals surface area (Å²) in [6.07, 6.45) is 7.69. The Bertz CT molecular complexity index is 1290. The molecule has 0 N–H and O–H groups in total. The van der Waals surface area contributed by atoms with Crippen molar-refractivity contribution < 1.29 is 23.0 Å². The van der Waals surface area contributed by atoms with Crippen LogP contribution in [0.15, 0.2) is 36.5 Å². The monoisotopic (exact) mass is 541 g/mol. The molecule has 2 aliphatic heterocycles. The van der Waals surface area contributed by atoms with Crippen molar-refractivity contribution in [1.82, 2.24) is 14.9 Å². The van der Waals surface area contributed by atoms with Crippen molar-refractivity contribution in [3.8, 4) is 5.19 Å². The predicted octanol–water partition coefficient (Wildman–Crippen LogP) is 5.93. The molecule has 0 spiro atoms. The molecule has 6 rings (SSSR count). The number of ether oxygens (including phenoxy) is 2. The number of Topliss-reactive ketones (excluding diaryl/α,β-unsaturated/α-hetero) is 1. The fourth-order valence-electron chi connectivity index (χ4n) is 6.04. The fraction of sp³-hybridized carbons (Fsp3) is 0.552. The zero-order valence-electron chi connectivity index (χ0n) is 21.4. The molecule has 6 nitrogen and oxygen atoms in total. The van der Waals surface area contributed by atoms with Gasteiger partial charge in [0.1, 0.15) is 6.61 Å². The number of fused-ring (bicyclic) bond motifs is 2. The van der Waals surface area contributed by atoms with Crippen LogP contribution in [0, 0.1) is 11.8 Å². The Morgan fingerprint density at radius 2 is 2.00 bits per heavy atom. The lowest BCUT2D eigenvalue weighted by atomic mass is 9.78. The van der Waals surface area contributed by atoms with Crippen LogP contribution in [-0.2, 0) is 17.7 Å². The van der Waals surface area contributed by atoms with Gasteiger partial charge in [-0.05, 0) is 56.2 Å². The lowest BCUT2D eigenvalue weighted by Gasteiger charge is -2.31. The molecule has 9 heteroatoms. The van der Waals surface area contributed by atoms with Gasteiger partial charge in [-0.3, -0.25) is 14.7 Å². The van der Waals surface area contributed by atoms with Gasteiger partial charge in [0.25, 0.3) is 5.19 Å². The number of alkyl halides is 2. The summed E-state index contributed by atoms with van der Waals surface area (Å²) in [5, 5.41) is 1.28. The van der Waals surface area contributed by atoms with Crippen molar-refractivity contribution in [3.05, 3.63) is 52.7 Å². The summed E-state index contributed by atoms with van der Waals surface area (Å²) in [6.45, 7) is 2.04. The van der Waals surface area contributed by atoms with E-state index in [1.165, 1.54) is 24.2 Å². The largest absolute Gasteiger partial charge is 0.458 e. The number of pyridine rings is 1. The van der Waals surface area contributed by atoms with E-state index in [2.05, 4.69) is 14.9 Å². The second kappa shape index (κ2) is 10.9. The zero-order valence-corrected chi connectivity index (χ0v) is 22.2. The maximum atomic E-state index is 13.8. The topological polar surface area (TPSA) is 64.6 Å². The maximum Gasteiger partial charge on any atom is 0.309 e. The van der Waals surface area contributed by atoms with E-state index in [-0.39, 0.29) is 12.4 Å². The molecule has 4 heterocycles. The van der Waals surface area contributed by atoms with Crippen LogP contribution in [-0.4, -0.2) is 59.0 Å². The first-order valence-electron chi connectivity index (χ1n) is 13.6. The van der Waals surface area contributed by atoms with Crippen LogP contribution < -0.4 is 4.74 Å². The Hall–Kier alpha value is -2.49. The molecule has 3 aliphatic rings. The van der Waals surface area contributed by atoms with Crippen molar-refractivity contribution >= 4 is 28.0 Å². The van der Waals surface area contributed by atoms with Crippen molar-refractivity contribution in [2.24, 2.45) is 11.8 Å². The summed E-state index contributed by atoms with van der Waals surface area (Å²) in [6, 6.07) is 9.68. The number of benzene rings is 1. The number of rotatable bonds is 8. The summed E-state index contributed by atoms with van der Waals surface area (Å²) in [7, 11) is 0. The van der Waals surface area contributed by atoms with E-state index in [0.717, 1.165) is 72.4 Å². The van der Waals surface area contributed by atoms with E-state index < -0.39 is 18.6 Å². The number of ketones is 1. The molecule has 1 atom stereocenters. The SMILES string of the molecule is O=C(CC1CCC(CCN2CCc3sc(OC4COCC4(F)F)nc3C2)CC1)c1cccc2ncccc12. The smallest absolute Gasteiger partial charge is 0.309 e. The number of aromatic nitrogens is 2. The van der Waals surface area contributed by atoms with Crippen LogP contribution in [0.25, 0.3) is 10.9 Å². The van der Waals surface area contributed by atoms with Crippen molar-refractivity contribution in [2.75, 3.05) is 26.3 Å². The predicted molar refractivity (Wildman–Crippen MR) is 142 cm³/mol. The number of hydrogen-bond acceptors (Lipinski definition) is 7. The average Bonchev–Trinajstić information content (AvgIpc) is 3.49. The number of halogens is 2. The zero-order chi connectivity index (χ0) is 26.1. The van der Waals surface area contributed by atoms with Crippen molar-refractivity contribution in [3.63, 3.8) is 0 Å². The molecule has 202 valence electrons. The van der Waals surface area contributed by atoms with Gasteiger partial charge in [0.2, 0.25) is 0 Å². The van der Waals surface area contributed by atoms with E-state index >= 15 is 0 Å². The Morgan fingerprint density at radius 1 is 1.16 bits per heavy atom. The summed E-state index contributed by atoms with van der Waals surface area (Å²) in [4.78, 5) is 25.6. The molecule has 38 heavy (non-hydrogen) atoms.